The number of pyridine rings is 2. The molecule has 0 unspecified atom stereocenters. The lowest BCUT2D eigenvalue weighted by molar-refractivity contribution is -0.646. The van der Waals surface area contributed by atoms with E-state index in [2.05, 4.69) is 4.98 Å². The Morgan fingerprint density at radius 1 is 1.06 bits per heavy atom. The van der Waals surface area contributed by atoms with Gasteiger partial charge in [-0.05, 0) is 42.0 Å². The van der Waals surface area contributed by atoms with Crippen molar-refractivity contribution in [2.24, 2.45) is 7.05 Å². The summed E-state index contributed by atoms with van der Waals surface area (Å²) in [6.07, 6.45) is 5.66. The van der Waals surface area contributed by atoms with Gasteiger partial charge in [-0.25, -0.2) is 12.8 Å². The monoisotopic (exact) mass is 480 g/mol. The minimum absolute atomic E-state index is 0.172. The van der Waals surface area contributed by atoms with Crippen LogP contribution in [0.4, 0.5) is 17.6 Å². The summed E-state index contributed by atoms with van der Waals surface area (Å²) >= 11 is 0. The molecule has 0 atom stereocenters. The molecule has 2 aromatic heterocycles. The molecule has 0 fully saturated rings. The minimum atomic E-state index is -6.09. The topological polar surface area (TPSA) is 94.2 Å². The Kier molecular flexibility index (Phi) is 6.65. The number of alkyl halides is 3. The molecule has 2 heterocycles. The summed E-state index contributed by atoms with van der Waals surface area (Å²) in [6.45, 7) is 0. The first-order chi connectivity index (χ1) is 15.4. The number of rotatable bonds is 2. The standard InChI is InChI=1S/C21H15FN2O.CHF3O3S/c1-24-17(9-5-15-13-16(22)7-10-19(15)24)8-4-14-6-11-20(25)21-18(14)3-2-12-23-21;2-1(3,4)8(5,6)7/h2-13H,1H3;(H,5,6,7). The highest BCUT2D eigenvalue weighted by Gasteiger charge is 2.36. The lowest BCUT2D eigenvalue weighted by Gasteiger charge is -2.08. The quantitative estimate of drug-likeness (QED) is 0.200. The zero-order valence-corrected chi connectivity index (χ0v) is 17.7. The third-order valence-corrected chi connectivity index (χ3v) is 5.24. The van der Waals surface area contributed by atoms with Crippen molar-refractivity contribution in [1.29, 1.82) is 0 Å². The average molecular weight is 480 g/mol. The highest BCUT2D eigenvalue weighted by Crippen LogP contribution is 2.26. The molecule has 0 aliphatic carbocycles. The average Bonchev–Trinajstić information content (AvgIpc) is 2.74. The van der Waals surface area contributed by atoms with Gasteiger partial charge in [-0.3, -0.25) is 4.98 Å². The van der Waals surface area contributed by atoms with Gasteiger partial charge in [0, 0.05) is 35.2 Å². The van der Waals surface area contributed by atoms with Crippen molar-refractivity contribution in [2.75, 3.05) is 0 Å². The molecule has 6 nitrogen and oxygen atoms in total. The summed E-state index contributed by atoms with van der Waals surface area (Å²) in [5, 5.41) is 11.7. The van der Waals surface area contributed by atoms with Gasteiger partial charge in [-0.2, -0.15) is 17.7 Å². The molecule has 0 aliphatic rings. The predicted octanol–water partition coefficient (Wildman–Crippen LogP) is 4.28. The molecule has 4 aromatic rings. The summed E-state index contributed by atoms with van der Waals surface area (Å²) in [5.74, 6) is -0.0649. The van der Waals surface area contributed by atoms with Crippen molar-refractivity contribution in [2.45, 2.75) is 5.51 Å². The Labute approximate surface area is 185 Å². The third-order valence-electron chi connectivity index (χ3n) is 4.67. The number of aryl methyl sites for hydroxylation is 1. The molecule has 11 heteroatoms. The van der Waals surface area contributed by atoms with Crippen molar-refractivity contribution in [3.63, 3.8) is 0 Å². The fourth-order valence-corrected chi connectivity index (χ4v) is 3.06. The molecule has 0 spiro atoms. The largest absolute Gasteiger partial charge is 0.741 e. The smallest absolute Gasteiger partial charge is 0.485 e. The Bertz CT molecular complexity index is 1470. The molecular weight excluding hydrogens is 464 g/mol. The highest BCUT2D eigenvalue weighted by atomic mass is 32.2. The first-order valence-electron chi connectivity index (χ1n) is 9.24. The number of hydrogen-bond acceptors (Lipinski definition) is 5. The van der Waals surface area contributed by atoms with E-state index in [-0.39, 0.29) is 11.6 Å². The van der Waals surface area contributed by atoms with Gasteiger partial charge in [0.05, 0.1) is 0 Å². The molecule has 0 aliphatic heterocycles. The van der Waals surface area contributed by atoms with Crippen LogP contribution in [-0.4, -0.2) is 28.6 Å². The van der Waals surface area contributed by atoms with E-state index >= 15 is 0 Å². The molecule has 2 aromatic carbocycles. The second-order valence-electron chi connectivity index (χ2n) is 6.83. The fraction of sp³-hybridized carbons (Fsp3) is 0.0909. The zero-order chi connectivity index (χ0) is 24.4. The van der Waals surface area contributed by atoms with Gasteiger partial charge in [0.25, 0.3) is 0 Å². The van der Waals surface area contributed by atoms with Crippen LogP contribution in [0.5, 0.6) is 5.75 Å². The normalized spacial score (nSPS) is 12.2. The molecule has 1 N–H and O–H groups in total. The first kappa shape index (κ1) is 24.1. The fourth-order valence-electron chi connectivity index (χ4n) is 3.06. The number of halogens is 4. The first-order valence-corrected chi connectivity index (χ1v) is 10.6. The van der Waals surface area contributed by atoms with Gasteiger partial charge in [0.2, 0.25) is 11.2 Å². The van der Waals surface area contributed by atoms with E-state index in [1.54, 1.807) is 18.3 Å². The minimum Gasteiger partial charge on any atom is -0.741 e. The molecule has 0 amide bonds. The number of aromatic nitrogens is 2. The van der Waals surface area contributed by atoms with E-state index in [0.717, 1.165) is 27.5 Å². The van der Waals surface area contributed by atoms with Crippen molar-refractivity contribution in [1.82, 2.24) is 4.98 Å². The number of phenolic OH excluding ortho intramolecular Hbond substituents is 1. The van der Waals surface area contributed by atoms with Crippen LogP contribution in [-0.2, 0) is 17.2 Å². The maximum absolute atomic E-state index is 13.4. The second kappa shape index (κ2) is 9.12. The van der Waals surface area contributed by atoms with Crippen LogP contribution in [0.15, 0.2) is 60.8 Å². The molecule has 0 saturated carbocycles. The summed E-state index contributed by atoms with van der Waals surface area (Å²) in [5.41, 5.74) is -2.14. The van der Waals surface area contributed by atoms with Gasteiger partial charge in [-0.15, -0.1) is 0 Å². The summed E-state index contributed by atoms with van der Waals surface area (Å²) < 4.78 is 74.3. The van der Waals surface area contributed by atoms with E-state index in [9.17, 15) is 22.7 Å². The van der Waals surface area contributed by atoms with E-state index in [0.29, 0.717) is 5.52 Å². The van der Waals surface area contributed by atoms with Crippen LogP contribution in [0.2, 0.25) is 0 Å². The van der Waals surface area contributed by atoms with Crippen molar-refractivity contribution < 1.29 is 40.2 Å². The van der Waals surface area contributed by atoms with Gasteiger partial charge in [0.15, 0.2) is 10.1 Å². The molecule has 0 bridgehead atoms. The zero-order valence-electron chi connectivity index (χ0n) is 16.9. The van der Waals surface area contributed by atoms with Gasteiger partial charge in [0.1, 0.15) is 24.1 Å². The number of hydrogen-bond donors (Lipinski definition) is 1. The lowest BCUT2D eigenvalue weighted by atomic mass is 10.1. The second-order valence-corrected chi connectivity index (χ2v) is 8.20. The molecule has 0 saturated heterocycles. The van der Waals surface area contributed by atoms with Gasteiger partial charge < -0.3 is 9.66 Å². The highest BCUT2D eigenvalue weighted by molar-refractivity contribution is 7.86. The maximum atomic E-state index is 13.4. The van der Waals surface area contributed by atoms with Crippen LogP contribution < -0.4 is 4.57 Å². The molecule has 4 rings (SSSR count). The van der Waals surface area contributed by atoms with Crippen molar-refractivity contribution in [3.8, 4) is 5.75 Å². The number of fused-ring (bicyclic) bond motifs is 2. The molecule has 172 valence electrons. The Morgan fingerprint density at radius 2 is 1.76 bits per heavy atom. The van der Waals surface area contributed by atoms with Crippen LogP contribution in [0.3, 0.4) is 0 Å². The Balaban J connectivity index is 0.000000331. The third kappa shape index (κ3) is 5.44. The molecule has 33 heavy (non-hydrogen) atoms. The Hall–Kier alpha value is -3.57. The van der Waals surface area contributed by atoms with Crippen molar-refractivity contribution in [3.05, 3.63) is 77.9 Å². The number of aromatic hydroxyl groups is 1. The maximum Gasteiger partial charge on any atom is 0.485 e. The van der Waals surface area contributed by atoms with Crippen LogP contribution >= 0.6 is 0 Å². The summed E-state index contributed by atoms with van der Waals surface area (Å²) in [4.78, 5) is 4.24. The predicted molar refractivity (Wildman–Crippen MR) is 113 cm³/mol. The summed E-state index contributed by atoms with van der Waals surface area (Å²) in [6, 6.07) is 15.9. The molecular formula is C22H16F4N2O4S. The van der Waals surface area contributed by atoms with E-state index in [1.165, 1.54) is 12.1 Å². The van der Waals surface area contributed by atoms with Crippen LogP contribution in [0.25, 0.3) is 34.0 Å². The summed E-state index contributed by atoms with van der Waals surface area (Å²) in [7, 11) is -4.14. The lowest BCUT2D eigenvalue weighted by Crippen LogP contribution is -2.32. The van der Waals surface area contributed by atoms with E-state index < -0.39 is 15.6 Å². The molecule has 0 radical (unpaired) electrons. The van der Waals surface area contributed by atoms with Gasteiger partial charge in [-0.1, -0.05) is 12.1 Å². The number of phenols is 1. The number of nitrogens with zero attached hydrogens (tertiary/aromatic N) is 2. The van der Waals surface area contributed by atoms with Gasteiger partial charge >= 0.3 is 5.51 Å². The Morgan fingerprint density at radius 3 is 2.42 bits per heavy atom. The van der Waals surface area contributed by atoms with Crippen LogP contribution in [0.1, 0.15) is 11.3 Å². The van der Waals surface area contributed by atoms with E-state index in [1.807, 2.05) is 54.1 Å². The SMILES string of the molecule is C[n+]1c(C=Cc2ccc(O)c3ncccc23)ccc2cc(F)ccc21.O=S(=O)([O-])C(F)(F)F. The van der Waals surface area contributed by atoms with Crippen molar-refractivity contribution >= 4 is 44.1 Å². The van der Waals surface area contributed by atoms with E-state index in [4.69, 9.17) is 13.0 Å². The van der Waals surface area contributed by atoms with Crippen LogP contribution in [0, 0.1) is 5.82 Å². The number of benzene rings is 2.